The topological polar surface area (TPSA) is 92.5 Å². The lowest BCUT2D eigenvalue weighted by Gasteiger charge is -2.04. The van der Waals surface area contributed by atoms with Crippen LogP contribution >= 0.6 is 11.3 Å². The first-order chi connectivity index (χ1) is 10.9. The highest BCUT2D eigenvalue weighted by molar-refractivity contribution is 7.17. The Morgan fingerprint density at radius 3 is 3.18 bits per heavy atom. The molecule has 8 heteroatoms. The van der Waals surface area contributed by atoms with E-state index in [-0.39, 0.29) is 0 Å². The first-order valence-corrected chi connectivity index (χ1v) is 7.65. The molecule has 0 saturated heterocycles. The number of nitrogens with one attached hydrogen (secondary N) is 2. The fourth-order valence-corrected chi connectivity index (χ4v) is 2.95. The molecule has 4 aromatic rings. The van der Waals surface area contributed by atoms with Crippen molar-refractivity contribution in [2.45, 2.75) is 6.42 Å². The molecule has 4 heterocycles. The number of furan rings is 1. The Morgan fingerprint density at radius 2 is 2.27 bits per heavy atom. The second kappa shape index (κ2) is 5.57. The fourth-order valence-electron chi connectivity index (χ4n) is 2.14. The van der Waals surface area contributed by atoms with Crippen LogP contribution in [0.4, 0.5) is 5.82 Å². The molecule has 0 atom stereocenters. The maximum absolute atomic E-state index is 5.27. The van der Waals surface area contributed by atoms with E-state index in [4.69, 9.17) is 4.42 Å². The number of thiophene rings is 1. The van der Waals surface area contributed by atoms with Gasteiger partial charge in [0.2, 0.25) is 5.82 Å². The maximum Gasteiger partial charge on any atom is 0.216 e. The van der Waals surface area contributed by atoms with Crippen molar-refractivity contribution in [3.63, 3.8) is 0 Å². The van der Waals surface area contributed by atoms with Crippen LogP contribution in [-0.4, -0.2) is 31.7 Å². The van der Waals surface area contributed by atoms with E-state index in [9.17, 15) is 0 Å². The Labute approximate surface area is 129 Å². The summed E-state index contributed by atoms with van der Waals surface area (Å²) in [4.78, 5) is 12.9. The largest absolute Gasteiger partial charge is 0.461 e. The normalized spacial score (nSPS) is 11.1. The number of anilines is 1. The summed E-state index contributed by atoms with van der Waals surface area (Å²) in [5.74, 6) is 2.88. The van der Waals surface area contributed by atoms with Crippen molar-refractivity contribution in [3.8, 4) is 11.6 Å². The first kappa shape index (κ1) is 13.0. The van der Waals surface area contributed by atoms with Crippen molar-refractivity contribution >= 4 is 27.4 Å². The van der Waals surface area contributed by atoms with Gasteiger partial charge in [-0.05, 0) is 23.6 Å². The third-order valence-electron chi connectivity index (χ3n) is 3.17. The molecule has 110 valence electrons. The lowest BCUT2D eigenvalue weighted by Crippen LogP contribution is -2.07. The summed E-state index contributed by atoms with van der Waals surface area (Å²) in [6, 6.07) is 5.63. The number of nitrogens with zero attached hydrogens (tertiary/aromatic N) is 4. The first-order valence-electron chi connectivity index (χ1n) is 6.77. The van der Waals surface area contributed by atoms with Gasteiger partial charge in [-0.1, -0.05) is 0 Å². The highest BCUT2D eigenvalue weighted by Gasteiger charge is 2.09. The number of H-pyrrole nitrogens is 1. The molecule has 0 bridgehead atoms. The predicted octanol–water partition coefficient (Wildman–Crippen LogP) is 2.72. The molecule has 0 radical (unpaired) electrons. The second-order valence-corrected chi connectivity index (χ2v) is 5.53. The van der Waals surface area contributed by atoms with Crippen molar-refractivity contribution < 1.29 is 4.42 Å². The van der Waals surface area contributed by atoms with Gasteiger partial charge in [0, 0.05) is 13.0 Å². The lowest BCUT2D eigenvalue weighted by atomic mass is 10.4. The van der Waals surface area contributed by atoms with Gasteiger partial charge in [0.25, 0.3) is 0 Å². The molecule has 0 saturated carbocycles. The summed E-state index contributed by atoms with van der Waals surface area (Å²) < 4.78 is 6.34. The minimum Gasteiger partial charge on any atom is -0.461 e. The Morgan fingerprint density at radius 1 is 1.27 bits per heavy atom. The van der Waals surface area contributed by atoms with Gasteiger partial charge in [-0.25, -0.2) is 15.0 Å². The van der Waals surface area contributed by atoms with Crippen LogP contribution in [-0.2, 0) is 6.42 Å². The van der Waals surface area contributed by atoms with Crippen molar-refractivity contribution in [1.82, 2.24) is 25.1 Å². The van der Waals surface area contributed by atoms with Gasteiger partial charge < -0.3 is 9.73 Å². The van der Waals surface area contributed by atoms with E-state index in [1.807, 2.05) is 23.6 Å². The molecule has 0 unspecified atom stereocenters. The molecule has 0 amide bonds. The molecular formula is C14H12N6OS. The molecule has 0 spiro atoms. The highest BCUT2D eigenvalue weighted by atomic mass is 32.1. The van der Waals surface area contributed by atoms with E-state index in [1.54, 1.807) is 23.9 Å². The van der Waals surface area contributed by atoms with Crippen LogP contribution < -0.4 is 5.32 Å². The number of hydrogen-bond acceptors (Lipinski definition) is 7. The zero-order valence-electron chi connectivity index (χ0n) is 11.5. The van der Waals surface area contributed by atoms with Crippen LogP contribution in [0, 0.1) is 0 Å². The minimum atomic E-state index is 0.572. The summed E-state index contributed by atoms with van der Waals surface area (Å²) in [5.41, 5.74) is 0.960. The molecule has 0 fully saturated rings. The number of aromatic amines is 1. The second-order valence-electron chi connectivity index (χ2n) is 4.62. The van der Waals surface area contributed by atoms with Gasteiger partial charge >= 0.3 is 0 Å². The van der Waals surface area contributed by atoms with E-state index in [1.165, 1.54) is 0 Å². The van der Waals surface area contributed by atoms with E-state index in [0.29, 0.717) is 24.6 Å². The molecule has 2 N–H and O–H groups in total. The van der Waals surface area contributed by atoms with Crippen molar-refractivity contribution in [3.05, 3.63) is 42.0 Å². The maximum atomic E-state index is 5.27. The van der Waals surface area contributed by atoms with Crippen LogP contribution in [0.1, 0.15) is 5.82 Å². The van der Waals surface area contributed by atoms with E-state index >= 15 is 0 Å². The third kappa shape index (κ3) is 2.44. The SMILES string of the molecule is c1coc(-c2n[nH]c(CCNc3ncnc4ccsc34)n2)c1. The third-order valence-corrected chi connectivity index (χ3v) is 4.08. The van der Waals surface area contributed by atoms with Crippen LogP contribution in [0.25, 0.3) is 21.8 Å². The number of hydrogen-bond donors (Lipinski definition) is 2. The van der Waals surface area contributed by atoms with Crippen LogP contribution in [0.2, 0.25) is 0 Å². The monoisotopic (exact) mass is 312 g/mol. The summed E-state index contributed by atoms with van der Waals surface area (Å²) in [5, 5.41) is 12.4. The van der Waals surface area contributed by atoms with Gasteiger partial charge in [-0.15, -0.1) is 11.3 Å². The average molecular weight is 312 g/mol. The Hall–Kier alpha value is -2.74. The van der Waals surface area contributed by atoms with Crippen LogP contribution in [0.3, 0.4) is 0 Å². The van der Waals surface area contributed by atoms with Crippen LogP contribution in [0.5, 0.6) is 0 Å². The van der Waals surface area contributed by atoms with Gasteiger partial charge in [0.05, 0.1) is 16.5 Å². The molecule has 4 aromatic heterocycles. The predicted molar refractivity (Wildman–Crippen MR) is 83.7 cm³/mol. The molecule has 7 nitrogen and oxygen atoms in total. The Bertz CT molecular complexity index is 882. The summed E-state index contributed by atoms with van der Waals surface area (Å²) >= 11 is 1.63. The fraction of sp³-hybridized carbons (Fsp3) is 0.143. The molecule has 0 aromatic carbocycles. The van der Waals surface area contributed by atoms with Crippen molar-refractivity contribution in [2.75, 3.05) is 11.9 Å². The van der Waals surface area contributed by atoms with Crippen molar-refractivity contribution in [1.29, 1.82) is 0 Å². The number of fused-ring (bicyclic) bond motifs is 1. The minimum absolute atomic E-state index is 0.572. The summed E-state index contributed by atoms with van der Waals surface area (Å²) in [6.07, 6.45) is 3.89. The Kier molecular flexibility index (Phi) is 3.28. The average Bonchev–Trinajstić information content (AvgIpc) is 3.28. The van der Waals surface area contributed by atoms with Gasteiger partial charge in [-0.2, -0.15) is 5.10 Å². The quantitative estimate of drug-likeness (QED) is 0.588. The zero-order valence-corrected chi connectivity index (χ0v) is 12.3. The van der Waals surface area contributed by atoms with E-state index in [0.717, 1.165) is 21.9 Å². The molecule has 0 aliphatic carbocycles. The molecule has 0 aliphatic heterocycles. The zero-order chi connectivity index (χ0) is 14.8. The Balaban J connectivity index is 1.42. The lowest BCUT2D eigenvalue weighted by molar-refractivity contribution is 0.577. The standard InChI is InChI=1S/C14H12N6OS/c1-2-10(21-6-1)13-18-11(19-20-13)3-5-15-14-12-9(4-7-22-12)16-8-17-14/h1-2,4,6-8H,3,5H2,(H,15,16,17)(H,18,19,20). The molecule has 0 aliphatic rings. The van der Waals surface area contributed by atoms with Crippen molar-refractivity contribution in [2.24, 2.45) is 0 Å². The molecule has 22 heavy (non-hydrogen) atoms. The summed E-state index contributed by atoms with van der Waals surface area (Å²) in [7, 11) is 0. The van der Waals surface area contributed by atoms with Gasteiger partial charge in [0.15, 0.2) is 5.76 Å². The van der Waals surface area contributed by atoms with E-state index in [2.05, 4.69) is 30.5 Å². The molecular weight excluding hydrogens is 300 g/mol. The smallest absolute Gasteiger partial charge is 0.216 e. The highest BCUT2D eigenvalue weighted by Crippen LogP contribution is 2.24. The number of rotatable bonds is 5. The summed E-state index contributed by atoms with van der Waals surface area (Å²) in [6.45, 7) is 0.705. The van der Waals surface area contributed by atoms with Crippen LogP contribution in [0.15, 0.2) is 40.6 Å². The molecule has 4 rings (SSSR count). The number of aromatic nitrogens is 5. The van der Waals surface area contributed by atoms with Gasteiger partial charge in [-0.3, -0.25) is 5.10 Å². The van der Waals surface area contributed by atoms with E-state index < -0.39 is 0 Å². The van der Waals surface area contributed by atoms with Gasteiger partial charge in [0.1, 0.15) is 18.0 Å².